The van der Waals surface area contributed by atoms with Crippen LogP contribution < -0.4 is 10.0 Å². The Morgan fingerprint density at radius 3 is 2.53 bits per heavy atom. The number of halogens is 2. The lowest BCUT2D eigenvalue weighted by Gasteiger charge is -2.28. The predicted octanol–water partition coefficient (Wildman–Crippen LogP) is 2.41. The van der Waals surface area contributed by atoms with Crippen molar-refractivity contribution in [2.75, 3.05) is 6.54 Å². The molecule has 0 aliphatic carbocycles. The van der Waals surface area contributed by atoms with Crippen LogP contribution in [0.15, 0.2) is 23.1 Å². The molecule has 1 aliphatic heterocycles. The van der Waals surface area contributed by atoms with E-state index in [2.05, 4.69) is 10.0 Å². The summed E-state index contributed by atoms with van der Waals surface area (Å²) in [6, 6.07) is 4.87. The van der Waals surface area contributed by atoms with E-state index >= 15 is 0 Å². The summed E-state index contributed by atoms with van der Waals surface area (Å²) in [5.74, 6) is 0. The summed E-state index contributed by atoms with van der Waals surface area (Å²) in [5.41, 5.74) is 0. The van der Waals surface area contributed by atoms with E-state index in [1.54, 1.807) is 6.07 Å². The minimum absolute atomic E-state index is 0.0375. The van der Waals surface area contributed by atoms with Gasteiger partial charge in [-0.05, 0) is 38.4 Å². The normalized spacial score (nSPS) is 24.4. The zero-order chi connectivity index (χ0) is 14.0. The van der Waals surface area contributed by atoms with Crippen molar-refractivity contribution in [3.05, 3.63) is 28.2 Å². The van der Waals surface area contributed by atoms with Gasteiger partial charge in [0.2, 0.25) is 10.0 Å². The third-order valence-corrected chi connectivity index (χ3v) is 5.61. The number of benzene rings is 1. The van der Waals surface area contributed by atoms with Gasteiger partial charge in [0.25, 0.3) is 0 Å². The van der Waals surface area contributed by atoms with Crippen LogP contribution in [-0.4, -0.2) is 27.0 Å². The lowest BCUT2D eigenvalue weighted by atomic mass is 10.0. The van der Waals surface area contributed by atoms with E-state index in [1.165, 1.54) is 12.1 Å². The molecule has 0 amide bonds. The molecule has 7 heteroatoms. The van der Waals surface area contributed by atoms with Crippen LogP contribution in [0.3, 0.4) is 0 Å². The van der Waals surface area contributed by atoms with Gasteiger partial charge >= 0.3 is 0 Å². The Kier molecular flexibility index (Phi) is 4.74. The lowest BCUT2D eigenvalue weighted by molar-refractivity contribution is 0.361. The molecule has 1 aliphatic rings. The molecule has 1 aromatic rings. The van der Waals surface area contributed by atoms with E-state index in [9.17, 15) is 8.42 Å². The Bertz CT molecular complexity index is 543. The van der Waals surface area contributed by atoms with E-state index < -0.39 is 10.0 Å². The van der Waals surface area contributed by atoms with Crippen molar-refractivity contribution in [1.82, 2.24) is 10.0 Å². The Hall–Kier alpha value is -0.330. The SMILES string of the molecule is CC1CC(NS(=O)(=O)c2c(Cl)cccc2Cl)CCN1. The molecule has 0 radical (unpaired) electrons. The molecule has 0 saturated carbocycles. The van der Waals surface area contributed by atoms with Gasteiger partial charge in [0.15, 0.2) is 0 Å². The first-order valence-electron chi connectivity index (χ1n) is 6.10. The van der Waals surface area contributed by atoms with E-state index in [1.807, 2.05) is 6.92 Å². The maximum absolute atomic E-state index is 12.3. The molecule has 4 nitrogen and oxygen atoms in total. The molecule has 1 saturated heterocycles. The third kappa shape index (κ3) is 3.61. The first-order chi connectivity index (χ1) is 8.90. The number of hydrogen-bond acceptors (Lipinski definition) is 3. The van der Waals surface area contributed by atoms with Gasteiger partial charge in [-0.25, -0.2) is 13.1 Å². The highest BCUT2D eigenvalue weighted by molar-refractivity contribution is 7.89. The van der Waals surface area contributed by atoms with Gasteiger partial charge in [0, 0.05) is 12.1 Å². The molecule has 1 heterocycles. The third-order valence-electron chi connectivity index (χ3n) is 3.13. The summed E-state index contributed by atoms with van der Waals surface area (Å²) < 4.78 is 27.4. The molecule has 106 valence electrons. The van der Waals surface area contributed by atoms with Crippen LogP contribution in [-0.2, 0) is 10.0 Å². The Labute approximate surface area is 123 Å². The van der Waals surface area contributed by atoms with Gasteiger partial charge in [-0.2, -0.15) is 0 Å². The predicted molar refractivity (Wildman–Crippen MR) is 77.3 cm³/mol. The van der Waals surface area contributed by atoms with Crippen molar-refractivity contribution in [1.29, 1.82) is 0 Å². The molecule has 0 spiro atoms. The van der Waals surface area contributed by atoms with Crippen LogP contribution in [0, 0.1) is 0 Å². The lowest BCUT2D eigenvalue weighted by Crippen LogP contribution is -2.46. The van der Waals surface area contributed by atoms with E-state index in [0.29, 0.717) is 6.04 Å². The van der Waals surface area contributed by atoms with Crippen molar-refractivity contribution in [3.8, 4) is 0 Å². The fourth-order valence-electron chi connectivity index (χ4n) is 2.26. The van der Waals surface area contributed by atoms with Crippen molar-refractivity contribution >= 4 is 33.2 Å². The Morgan fingerprint density at radius 1 is 1.32 bits per heavy atom. The number of hydrogen-bond donors (Lipinski definition) is 2. The topological polar surface area (TPSA) is 58.2 Å². The van der Waals surface area contributed by atoms with Crippen LogP contribution >= 0.6 is 23.2 Å². The second kappa shape index (κ2) is 5.97. The Morgan fingerprint density at radius 2 is 1.95 bits per heavy atom. The smallest absolute Gasteiger partial charge is 0.243 e. The number of nitrogens with one attached hydrogen (secondary N) is 2. The van der Waals surface area contributed by atoms with Crippen molar-refractivity contribution in [3.63, 3.8) is 0 Å². The summed E-state index contributed by atoms with van der Waals surface area (Å²) in [6.07, 6.45) is 1.51. The van der Waals surface area contributed by atoms with Crippen LogP contribution in [0.2, 0.25) is 10.0 Å². The Balaban J connectivity index is 2.23. The monoisotopic (exact) mass is 322 g/mol. The summed E-state index contributed by atoms with van der Waals surface area (Å²) >= 11 is 11.9. The van der Waals surface area contributed by atoms with Gasteiger partial charge in [0.05, 0.1) is 10.0 Å². The van der Waals surface area contributed by atoms with E-state index in [-0.39, 0.29) is 21.0 Å². The quantitative estimate of drug-likeness (QED) is 0.898. The molecular weight excluding hydrogens is 307 g/mol. The van der Waals surface area contributed by atoms with Gasteiger partial charge < -0.3 is 5.32 Å². The highest BCUT2D eigenvalue weighted by Crippen LogP contribution is 2.29. The number of sulfonamides is 1. The van der Waals surface area contributed by atoms with Crippen LogP contribution in [0.1, 0.15) is 19.8 Å². The minimum Gasteiger partial charge on any atom is -0.314 e. The zero-order valence-electron chi connectivity index (χ0n) is 10.5. The molecule has 1 fully saturated rings. The standard InChI is InChI=1S/C12H16Cl2N2O2S/c1-8-7-9(5-6-15-8)16-19(17,18)12-10(13)3-2-4-11(12)14/h2-4,8-9,15-16H,5-7H2,1H3. The summed E-state index contributed by atoms with van der Waals surface area (Å²) in [6.45, 7) is 2.83. The van der Waals surface area contributed by atoms with E-state index in [4.69, 9.17) is 23.2 Å². The first-order valence-corrected chi connectivity index (χ1v) is 8.34. The molecule has 1 aromatic carbocycles. The highest BCUT2D eigenvalue weighted by Gasteiger charge is 2.27. The van der Waals surface area contributed by atoms with Crippen molar-refractivity contribution in [2.24, 2.45) is 0 Å². The second-order valence-corrected chi connectivity index (χ2v) is 7.21. The number of rotatable bonds is 3. The molecule has 19 heavy (non-hydrogen) atoms. The maximum Gasteiger partial charge on any atom is 0.243 e. The van der Waals surface area contributed by atoms with E-state index in [0.717, 1.165) is 19.4 Å². The van der Waals surface area contributed by atoms with Crippen LogP contribution in [0.25, 0.3) is 0 Å². The average Bonchev–Trinajstić information content (AvgIpc) is 2.27. The van der Waals surface area contributed by atoms with Gasteiger partial charge in [-0.15, -0.1) is 0 Å². The molecule has 0 aromatic heterocycles. The van der Waals surface area contributed by atoms with Crippen molar-refractivity contribution in [2.45, 2.75) is 36.7 Å². The van der Waals surface area contributed by atoms with Crippen molar-refractivity contribution < 1.29 is 8.42 Å². The fraction of sp³-hybridized carbons (Fsp3) is 0.500. The van der Waals surface area contributed by atoms with Gasteiger partial charge in [-0.3, -0.25) is 0 Å². The highest BCUT2D eigenvalue weighted by atomic mass is 35.5. The zero-order valence-corrected chi connectivity index (χ0v) is 12.8. The van der Waals surface area contributed by atoms with Crippen LogP contribution in [0.5, 0.6) is 0 Å². The second-order valence-electron chi connectivity index (χ2n) is 4.75. The maximum atomic E-state index is 12.3. The average molecular weight is 323 g/mol. The molecule has 2 atom stereocenters. The molecule has 0 bridgehead atoms. The minimum atomic E-state index is -3.69. The molecular formula is C12H16Cl2N2O2S. The molecule has 2 N–H and O–H groups in total. The first kappa shape index (κ1) is 15.1. The van der Waals surface area contributed by atoms with Gasteiger partial charge in [-0.1, -0.05) is 29.3 Å². The molecule has 2 rings (SSSR count). The van der Waals surface area contributed by atoms with Crippen LogP contribution in [0.4, 0.5) is 0 Å². The number of piperidine rings is 1. The molecule has 2 unspecified atom stereocenters. The fourth-order valence-corrected chi connectivity index (χ4v) is 4.68. The van der Waals surface area contributed by atoms with Gasteiger partial charge in [0.1, 0.15) is 4.90 Å². The largest absolute Gasteiger partial charge is 0.314 e. The summed E-state index contributed by atoms with van der Waals surface area (Å²) in [5, 5.41) is 3.55. The summed E-state index contributed by atoms with van der Waals surface area (Å²) in [7, 11) is -3.69. The summed E-state index contributed by atoms with van der Waals surface area (Å²) in [4.78, 5) is -0.0375.